The highest BCUT2D eigenvalue weighted by Gasteiger charge is 2.25. The number of nitrogens with zero attached hydrogens (tertiary/aromatic N) is 6. The molecule has 0 atom stereocenters. The van der Waals surface area contributed by atoms with Gasteiger partial charge in [0.25, 0.3) is 5.56 Å². The van der Waals surface area contributed by atoms with Crippen molar-refractivity contribution in [3.63, 3.8) is 0 Å². The predicted molar refractivity (Wildman–Crippen MR) is 168 cm³/mol. The summed E-state index contributed by atoms with van der Waals surface area (Å²) in [6.45, 7) is 4.28. The van der Waals surface area contributed by atoms with E-state index in [1.807, 2.05) is 60.0 Å². The number of fused-ring (bicyclic) bond motifs is 1. The zero-order chi connectivity index (χ0) is 30.6. The molecule has 0 unspecified atom stereocenters. The van der Waals surface area contributed by atoms with Crippen LogP contribution in [-0.4, -0.2) is 42.1 Å². The van der Waals surface area contributed by atoms with E-state index in [1.165, 1.54) is 6.42 Å². The van der Waals surface area contributed by atoms with Gasteiger partial charge in [0.1, 0.15) is 12.9 Å². The van der Waals surface area contributed by atoms with Crippen LogP contribution in [0.2, 0.25) is 0 Å². The van der Waals surface area contributed by atoms with Crippen molar-refractivity contribution < 1.29 is 9.36 Å². The molecule has 1 aliphatic carbocycles. The minimum Gasteiger partial charge on any atom is -0.399 e. The van der Waals surface area contributed by atoms with E-state index in [2.05, 4.69) is 27.2 Å². The Morgan fingerprint density at radius 1 is 1.07 bits per heavy atom. The number of hydrogen-bond donors (Lipinski definition) is 1. The Morgan fingerprint density at radius 3 is 2.50 bits per heavy atom. The molecule has 11 nitrogen and oxygen atoms in total. The summed E-state index contributed by atoms with van der Waals surface area (Å²) in [4.78, 5) is 38.5. The second kappa shape index (κ2) is 12.8. The molecule has 1 N–H and O–H groups in total. The summed E-state index contributed by atoms with van der Waals surface area (Å²) < 4.78 is 8.31. The number of benzene rings is 2. The summed E-state index contributed by atoms with van der Waals surface area (Å²) in [7, 11) is 1.56. The molecule has 0 amide bonds. The number of aromatic amines is 1. The van der Waals surface area contributed by atoms with Gasteiger partial charge in [-0.25, -0.2) is 9.31 Å². The second-order valence-corrected chi connectivity index (χ2v) is 11.4. The molecule has 11 heteroatoms. The first kappa shape index (κ1) is 29.3. The quantitative estimate of drug-likeness (QED) is 0.170. The summed E-state index contributed by atoms with van der Waals surface area (Å²) in [5, 5.41) is 13.0. The van der Waals surface area contributed by atoms with Crippen molar-refractivity contribution in [1.29, 1.82) is 0 Å². The Kier molecular flexibility index (Phi) is 8.53. The van der Waals surface area contributed by atoms with Gasteiger partial charge in [-0.1, -0.05) is 91.5 Å². The Bertz CT molecular complexity index is 1910. The minimum absolute atomic E-state index is 0.0719. The molecular formula is C33H37N7O4. The topological polar surface area (TPSA) is 133 Å². The van der Waals surface area contributed by atoms with Crippen molar-refractivity contribution in [3.8, 4) is 22.5 Å². The van der Waals surface area contributed by atoms with Gasteiger partial charge in [-0.15, -0.1) is 0 Å². The molecule has 0 radical (unpaired) electrons. The van der Waals surface area contributed by atoms with E-state index in [0.717, 1.165) is 65.8 Å². The monoisotopic (exact) mass is 595 g/mol. The number of nitrogens with one attached hydrogen (secondary N) is 1. The maximum absolute atomic E-state index is 14.3. The standard InChI is InChI=1S/C33H37N7O4/c1-4-10-29-27(19-22-15-17-23(18-16-22)25-13-8-9-14-26(25)30-35-33(42)44-38-30)31(41)39(32-34-21(2)36-40(29)32)20-28(37-43-3)24-11-6-5-7-12-24/h8-9,13-18,24H,4-7,10-12,19-20H2,1-3H3,(H,35,38,42)/b37-28+. The highest BCUT2D eigenvalue weighted by atomic mass is 16.6. The fraction of sp³-hybridized carbons (Fsp3) is 0.394. The Morgan fingerprint density at radius 2 is 1.82 bits per heavy atom. The van der Waals surface area contributed by atoms with Crippen LogP contribution in [-0.2, 0) is 24.2 Å². The molecule has 0 spiro atoms. The molecule has 3 heterocycles. The average Bonchev–Trinajstić information content (AvgIpc) is 3.66. The van der Waals surface area contributed by atoms with Crippen LogP contribution in [0.15, 0.2) is 67.8 Å². The van der Waals surface area contributed by atoms with Gasteiger partial charge in [-0.3, -0.25) is 18.9 Å². The van der Waals surface area contributed by atoms with Crippen molar-refractivity contribution in [1.82, 2.24) is 29.3 Å². The molecule has 0 aliphatic heterocycles. The molecule has 1 fully saturated rings. The van der Waals surface area contributed by atoms with Gasteiger partial charge in [0.15, 0.2) is 5.82 Å². The number of H-pyrrole nitrogens is 1. The predicted octanol–water partition coefficient (Wildman–Crippen LogP) is 5.34. The zero-order valence-corrected chi connectivity index (χ0v) is 25.4. The van der Waals surface area contributed by atoms with E-state index < -0.39 is 5.76 Å². The van der Waals surface area contributed by atoms with E-state index >= 15 is 0 Å². The highest BCUT2D eigenvalue weighted by molar-refractivity contribution is 5.86. The molecular weight excluding hydrogens is 558 g/mol. The fourth-order valence-corrected chi connectivity index (χ4v) is 6.32. The van der Waals surface area contributed by atoms with Gasteiger partial charge >= 0.3 is 5.76 Å². The zero-order valence-electron chi connectivity index (χ0n) is 25.4. The third-order valence-electron chi connectivity index (χ3n) is 8.40. The second-order valence-electron chi connectivity index (χ2n) is 11.4. The van der Waals surface area contributed by atoms with Gasteiger partial charge in [0.2, 0.25) is 5.78 Å². The fourth-order valence-electron chi connectivity index (χ4n) is 6.32. The summed E-state index contributed by atoms with van der Waals surface area (Å²) in [6.07, 6.45) is 7.63. The molecule has 44 heavy (non-hydrogen) atoms. The van der Waals surface area contributed by atoms with Crippen LogP contribution in [0.25, 0.3) is 28.3 Å². The maximum atomic E-state index is 14.3. The smallest absolute Gasteiger partial charge is 0.399 e. The van der Waals surface area contributed by atoms with E-state index in [-0.39, 0.29) is 11.5 Å². The molecule has 1 aliphatic rings. The summed E-state index contributed by atoms with van der Waals surface area (Å²) in [6, 6.07) is 15.8. The van der Waals surface area contributed by atoms with Crippen LogP contribution in [0.5, 0.6) is 0 Å². The van der Waals surface area contributed by atoms with Crippen LogP contribution < -0.4 is 11.3 Å². The average molecular weight is 596 g/mol. The van der Waals surface area contributed by atoms with E-state index in [9.17, 15) is 9.59 Å². The van der Waals surface area contributed by atoms with Crippen LogP contribution in [0.3, 0.4) is 0 Å². The maximum Gasteiger partial charge on any atom is 0.439 e. The molecule has 0 bridgehead atoms. The third kappa shape index (κ3) is 5.86. The summed E-state index contributed by atoms with van der Waals surface area (Å²) in [5.74, 6) is 1.21. The number of hydrogen-bond acceptors (Lipinski definition) is 8. The largest absolute Gasteiger partial charge is 0.439 e. The lowest BCUT2D eigenvalue weighted by atomic mass is 9.85. The SMILES string of the molecule is CCCc1c(Cc2ccc(-c3ccccc3-c3noc(=O)[nH]3)cc2)c(=O)n(C/C(=N\OC)C2CCCCC2)c2nc(C)nn12. The number of aryl methyl sites for hydroxylation is 2. The number of rotatable bonds is 10. The molecule has 228 valence electrons. The van der Waals surface area contributed by atoms with Crippen LogP contribution in [0, 0.1) is 12.8 Å². The lowest BCUT2D eigenvalue weighted by molar-refractivity contribution is 0.208. The van der Waals surface area contributed by atoms with Crippen molar-refractivity contribution in [2.24, 2.45) is 11.1 Å². The van der Waals surface area contributed by atoms with Crippen LogP contribution >= 0.6 is 0 Å². The van der Waals surface area contributed by atoms with Crippen molar-refractivity contribution >= 4 is 11.5 Å². The Hall–Kier alpha value is -4.80. The molecule has 6 rings (SSSR count). The van der Waals surface area contributed by atoms with Gasteiger partial charge in [-0.05, 0) is 42.9 Å². The van der Waals surface area contributed by atoms with Gasteiger partial charge in [0.05, 0.1) is 18.0 Å². The number of aromatic nitrogens is 6. The van der Waals surface area contributed by atoms with Gasteiger partial charge in [0, 0.05) is 23.5 Å². The van der Waals surface area contributed by atoms with E-state index in [4.69, 9.17) is 14.5 Å². The Labute approximate surface area is 254 Å². The summed E-state index contributed by atoms with van der Waals surface area (Å²) >= 11 is 0. The lowest BCUT2D eigenvalue weighted by Crippen LogP contribution is -2.34. The first-order valence-corrected chi connectivity index (χ1v) is 15.3. The normalized spacial score (nSPS) is 14.4. The lowest BCUT2D eigenvalue weighted by Gasteiger charge is -2.24. The van der Waals surface area contributed by atoms with E-state index in [1.54, 1.807) is 11.7 Å². The highest BCUT2D eigenvalue weighted by Crippen LogP contribution is 2.30. The first-order valence-electron chi connectivity index (χ1n) is 15.3. The summed E-state index contributed by atoms with van der Waals surface area (Å²) in [5.41, 5.74) is 6.02. The first-order chi connectivity index (χ1) is 21.5. The molecule has 5 aromatic rings. The van der Waals surface area contributed by atoms with Crippen molar-refractivity contribution in [3.05, 3.63) is 92.1 Å². The molecule has 1 saturated carbocycles. The van der Waals surface area contributed by atoms with Gasteiger partial charge < -0.3 is 4.84 Å². The number of oxime groups is 1. The molecule has 2 aromatic carbocycles. The van der Waals surface area contributed by atoms with Crippen LogP contribution in [0.4, 0.5) is 0 Å². The minimum atomic E-state index is -0.599. The molecule has 0 saturated heterocycles. The van der Waals surface area contributed by atoms with Crippen LogP contribution in [0.1, 0.15) is 68.1 Å². The van der Waals surface area contributed by atoms with Crippen molar-refractivity contribution in [2.45, 2.75) is 71.8 Å². The van der Waals surface area contributed by atoms with E-state index in [0.29, 0.717) is 42.4 Å². The third-order valence-corrected chi connectivity index (χ3v) is 8.40. The molecule has 3 aromatic heterocycles. The Balaban J connectivity index is 1.39. The van der Waals surface area contributed by atoms with Gasteiger partial charge in [-0.2, -0.15) is 10.1 Å². The van der Waals surface area contributed by atoms with Crippen molar-refractivity contribution in [2.75, 3.05) is 7.11 Å².